The van der Waals surface area contributed by atoms with Crippen molar-refractivity contribution in [3.8, 4) is 11.8 Å². The molecule has 5 atom stereocenters. The summed E-state index contributed by atoms with van der Waals surface area (Å²) >= 11 is 0. The Morgan fingerprint density at radius 2 is 2.08 bits per heavy atom. The van der Waals surface area contributed by atoms with Crippen molar-refractivity contribution in [2.45, 2.75) is 70.0 Å². The zero-order chi connectivity index (χ0) is 18.5. The number of hydrogen-bond acceptors (Lipinski definition) is 5. The predicted octanol–water partition coefficient (Wildman–Crippen LogP) is 2.19. The van der Waals surface area contributed by atoms with Crippen LogP contribution in [0.5, 0.6) is 0 Å². The van der Waals surface area contributed by atoms with Crippen molar-refractivity contribution in [3.63, 3.8) is 0 Å². The van der Waals surface area contributed by atoms with Crippen molar-refractivity contribution < 1.29 is 25.0 Å². The van der Waals surface area contributed by atoms with E-state index in [0.29, 0.717) is 19.4 Å². The van der Waals surface area contributed by atoms with Gasteiger partial charge in [0, 0.05) is 18.3 Å². The molecule has 5 unspecified atom stereocenters. The second-order valence-electron chi connectivity index (χ2n) is 7.85. The molecule has 0 radical (unpaired) electrons. The van der Waals surface area contributed by atoms with E-state index < -0.39 is 18.2 Å². The molecule has 6 nitrogen and oxygen atoms in total. The number of carboxylic acids is 1. The van der Waals surface area contributed by atoms with Crippen molar-refractivity contribution in [3.05, 3.63) is 0 Å². The first-order valence-electron chi connectivity index (χ1n) is 9.84. The van der Waals surface area contributed by atoms with Crippen LogP contribution in [0.25, 0.3) is 0 Å². The Hall–Kier alpha value is -1.58. The van der Waals surface area contributed by atoms with Gasteiger partial charge in [0.2, 0.25) is 0 Å². The zero-order valence-corrected chi connectivity index (χ0v) is 15.1. The molecule has 0 spiro atoms. The van der Waals surface area contributed by atoms with Crippen LogP contribution in [-0.2, 0) is 9.63 Å². The number of carboxylic acid groups (broad SMARTS) is 1. The molecular formula is C20H29NO5. The fraction of sp³-hybridized carbons (Fsp3) is 0.800. The summed E-state index contributed by atoms with van der Waals surface area (Å²) in [5, 5.41) is 33.4. The molecule has 3 aliphatic carbocycles. The van der Waals surface area contributed by atoms with Crippen molar-refractivity contribution in [2.24, 2.45) is 28.8 Å². The van der Waals surface area contributed by atoms with Crippen molar-refractivity contribution in [1.82, 2.24) is 0 Å². The van der Waals surface area contributed by atoms with Gasteiger partial charge in [0.15, 0.2) is 0 Å². The van der Waals surface area contributed by atoms with E-state index in [4.69, 9.17) is 9.94 Å². The summed E-state index contributed by atoms with van der Waals surface area (Å²) in [5.41, 5.74) is 0.946. The Bertz CT molecular complexity index is 587. The smallest absolute Gasteiger partial charge is 0.303 e. The highest BCUT2D eigenvalue weighted by Gasteiger charge is 2.51. The summed E-state index contributed by atoms with van der Waals surface area (Å²) in [6.07, 6.45) is 6.64. The molecular weight excluding hydrogens is 334 g/mol. The lowest BCUT2D eigenvalue weighted by atomic mass is 9.73. The molecule has 26 heavy (non-hydrogen) atoms. The summed E-state index contributed by atoms with van der Waals surface area (Å²) in [5.74, 6) is 5.85. The minimum absolute atomic E-state index is 0.0800. The Kier molecular flexibility index (Phi) is 6.55. The summed E-state index contributed by atoms with van der Waals surface area (Å²) in [4.78, 5) is 15.7. The SMILES string of the molecule is O=C(O)CCCON=C1CC2C1CC(C#CC(O)C1CCCCC1)C2O. The molecule has 0 aromatic carbocycles. The molecule has 3 fully saturated rings. The van der Waals surface area contributed by atoms with Gasteiger partial charge in [-0.3, -0.25) is 4.79 Å². The van der Waals surface area contributed by atoms with E-state index in [-0.39, 0.29) is 30.1 Å². The van der Waals surface area contributed by atoms with Gasteiger partial charge in [-0.15, -0.1) is 0 Å². The highest BCUT2D eigenvalue weighted by molar-refractivity contribution is 5.93. The van der Waals surface area contributed by atoms with Crippen LogP contribution in [0, 0.1) is 35.5 Å². The van der Waals surface area contributed by atoms with Crippen LogP contribution >= 0.6 is 0 Å². The highest BCUT2D eigenvalue weighted by Crippen LogP contribution is 2.48. The summed E-state index contributed by atoms with van der Waals surface area (Å²) in [7, 11) is 0. The quantitative estimate of drug-likeness (QED) is 0.382. The minimum atomic E-state index is -0.833. The fourth-order valence-electron chi connectivity index (χ4n) is 4.43. The van der Waals surface area contributed by atoms with E-state index >= 15 is 0 Å². The maximum absolute atomic E-state index is 10.4. The van der Waals surface area contributed by atoms with Crippen molar-refractivity contribution in [1.29, 1.82) is 0 Å². The van der Waals surface area contributed by atoms with Crippen LogP contribution in [0.1, 0.15) is 57.8 Å². The Morgan fingerprint density at radius 1 is 1.31 bits per heavy atom. The lowest BCUT2D eigenvalue weighted by Gasteiger charge is -2.33. The van der Waals surface area contributed by atoms with Crippen molar-refractivity contribution >= 4 is 11.7 Å². The van der Waals surface area contributed by atoms with Gasteiger partial charge in [-0.05, 0) is 43.9 Å². The molecule has 0 heterocycles. The normalized spacial score (nSPS) is 33.7. The third kappa shape index (κ3) is 4.57. The monoisotopic (exact) mass is 363 g/mol. The fourth-order valence-corrected chi connectivity index (χ4v) is 4.43. The molecule has 0 aromatic heterocycles. The number of aliphatic hydroxyl groups is 2. The van der Waals surface area contributed by atoms with Crippen LogP contribution < -0.4 is 0 Å². The molecule has 0 saturated heterocycles. The zero-order valence-electron chi connectivity index (χ0n) is 15.1. The van der Waals surface area contributed by atoms with Gasteiger partial charge in [0.25, 0.3) is 0 Å². The first-order chi connectivity index (χ1) is 12.6. The van der Waals surface area contributed by atoms with E-state index in [0.717, 1.165) is 25.0 Å². The first-order valence-corrected chi connectivity index (χ1v) is 9.84. The highest BCUT2D eigenvalue weighted by atomic mass is 16.6. The van der Waals surface area contributed by atoms with Crippen LogP contribution in [-0.4, -0.2) is 45.8 Å². The lowest BCUT2D eigenvalue weighted by Crippen LogP contribution is -2.38. The number of rotatable bonds is 6. The predicted molar refractivity (Wildman–Crippen MR) is 96.3 cm³/mol. The lowest BCUT2D eigenvalue weighted by molar-refractivity contribution is -0.137. The number of hydrogen-bond donors (Lipinski definition) is 3. The Morgan fingerprint density at radius 3 is 2.81 bits per heavy atom. The molecule has 0 amide bonds. The molecule has 3 saturated carbocycles. The standard InChI is InChI=1S/C20H29NO5/c22-18(13-5-2-1-3-6-13)9-8-14-11-15-16(20(14)25)12-17(15)21-26-10-4-7-19(23)24/h13-16,18,20,22,25H,1-7,10-12H2,(H,23,24). The molecule has 0 aliphatic heterocycles. The van der Waals surface area contributed by atoms with Crippen LogP contribution in [0.2, 0.25) is 0 Å². The Labute approximate surface area is 154 Å². The van der Waals surface area contributed by atoms with E-state index in [2.05, 4.69) is 17.0 Å². The second kappa shape index (κ2) is 8.88. The van der Waals surface area contributed by atoms with Crippen molar-refractivity contribution in [2.75, 3.05) is 6.61 Å². The van der Waals surface area contributed by atoms with Crippen LogP contribution in [0.3, 0.4) is 0 Å². The third-order valence-corrected chi connectivity index (χ3v) is 6.07. The van der Waals surface area contributed by atoms with Gasteiger partial charge in [0.05, 0.1) is 11.8 Å². The molecule has 0 bridgehead atoms. The average molecular weight is 363 g/mol. The number of aliphatic carboxylic acids is 1. The number of fused-ring (bicyclic) bond motifs is 1. The van der Waals surface area contributed by atoms with Gasteiger partial charge in [0.1, 0.15) is 12.7 Å². The number of aliphatic hydroxyl groups excluding tert-OH is 2. The van der Waals surface area contributed by atoms with Gasteiger partial charge in [-0.25, -0.2) is 0 Å². The van der Waals surface area contributed by atoms with Gasteiger partial charge in [-0.1, -0.05) is 36.3 Å². The maximum atomic E-state index is 10.4. The topological polar surface area (TPSA) is 99.4 Å². The van der Waals surface area contributed by atoms with Gasteiger partial charge in [-0.2, -0.15) is 0 Å². The molecule has 144 valence electrons. The molecule has 3 rings (SSSR count). The van der Waals surface area contributed by atoms with E-state index in [1.165, 1.54) is 19.3 Å². The van der Waals surface area contributed by atoms with E-state index in [9.17, 15) is 15.0 Å². The minimum Gasteiger partial charge on any atom is -0.481 e. The molecule has 6 heteroatoms. The van der Waals surface area contributed by atoms with Crippen LogP contribution in [0.15, 0.2) is 5.16 Å². The van der Waals surface area contributed by atoms with Gasteiger partial charge < -0.3 is 20.2 Å². The van der Waals surface area contributed by atoms with Gasteiger partial charge >= 0.3 is 5.97 Å². The Balaban J connectivity index is 1.46. The maximum Gasteiger partial charge on any atom is 0.303 e. The molecule has 3 N–H and O–H groups in total. The number of oxime groups is 1. The van der Waals surface area contributed by atoms with E-state index in [1.807, 2.05) is 0 Å². The first kappa shape index (κ1) is 19.2. The summed E-state index contributed by atoms with van der Waals surface area (Å²) in [6, 6.07) is 0. The summed E-state index contributed by atoms with van der Waals surface area (Å²) < 4.78 is 0. The van der Waals surface area contributed by atoms with Crippen LogP contribution in [0.4, 0.5) is 0 Å². The molecule has 0 aromatic rings. The average Bonchev–Trinajstić information content (AvgIpc) is 2.87. The largest absolute Gasteiger partial charge is 0.481 e. The van der Waals surface area contributed by atoms with E-state index in [1.54, 1.807) is 0 Å². The second-order valence-corrected chi connectivity index (χ2v) is 7.85. The summed E-state index contributed by atoms with van der Waals surface area (Å²) in [6.45, 7) is 0.298. The molecule has 3 aliphatic rings. The number of carbonyl (C=O) groups is 1. The third-order valence-electron chi connectivity index (χ3n) is 6.07. The number of nitrogens with zero attached hydrogens (tertiary/aromatic N) is 1.